The van der Waals surface area contributed by atoms with Gasteiger partial charge >= 0.3 is 0 Å². The number of aromatic amines is 1. The molecule has 0 bridgehead atoms. The molecule has 0 spiro atoms. The van der Waals surface area contributed by atoms with E-state index in [0.717, 1.165) is 11.1 Å². The van der Waals surface area contributed by atoms with Crippen LogP contribution >= 0.6 is 23.2 Å². The van der Waals surface area contributed by atoms with Crippen molar-refractivity contribution in [1.29, 1.82) is 0 Å². The van der Waals surface area contributed by atoms with Crippen molar-refractivity contribution in [2.24, 2.45) is 0 Å². The second-order valence-corrected chi connectivity index (χ2v) is 5.75. The number of furan rings is 1. The Morgan fingerprint density at radius 1 is 1.23 bits per heavy atom. The van der Waals surface area contributed by atoms with Crippen LogP contribution in [0.25, 0.3) is 11.5 Å². The number of H-pyrrole nitrogens is 1. The minimum atomic E-state index is -0.397. The van der Waals surface area contributed by atoms with E-state index >= 15 is 0 Å². The number of nitrogens with zero attached hydrogens (tertiary/aromatic N) is 1. The molecule has 22 heavy (non-hydrogen) atoms. The van der Waals surface area contributed by atoms with E-state index in [1.165, 1.54) is 0 Å². The van der Waals surface area contributed by atoms with E-state index in [1.54, 1.807) is 36.6 Å². The van der Waals surface area contributed by atoms with Crippen molar-refractivity contribution in [2.45, 2.75) is 6.04 Å². The van der Waals surface area contributed by atoms with Gasteiger partial charge in [0.05, 0.1) is 12.3 Å². The topological polar surface area (TPSA) is 70.9 Å². The van der Waals surface area contributed by atoms with Gasteiger partial charge < -0.3 is 9.73 Å². The van der Waals surface area contributed by atoms with E-state index in [4.69, 9.17) is 27.6 Å². The zero-order valence-corrected chi connectivity index (χ0v) is 12.6. The SMILES string of the molecule is O=C1NC(c2ccc(Cl)cc2Cl)c2c1n[nH]c2-c1ccco1. The fourth-order valence-corrected chi connectivity index (χ4v) is 3.17. The fourth-order valence-electron chi connectivity index (χ4n) is 2.65. The summed E-state index contributed by atoms with van der Waals surface area (Å²) in [5, 5.41) is 10.9. The molecule has 7 heteroatoms. The highest BCUT2D eigenvalue weighted by Gasteiger charge is 2.37. The standard InChI is InChI=1S/C15H9Cl2N3O2/c16-7-3-4-8(9(17)6-7)12-11-13(10-2-1-5-22-10)19-20-14(11)15(21)18-12/h1-6,12H,(H,18,21)(H,19,20). The van der Waals surface area contributed by atoms with Crippen LogP contribution in [0, 0.1) is 0 Å². The maximum absolute atomic E-state index is 12.1. The van der Waals surface area contributed by atoms with Crippen molar-refractivity contribution < 1.29 is 9.21 Å². The molecule has 1 atom stereocenters. The van der Waals surface area contributed by atoms with E-state index in [2.05, 4.69) is 15.5 Å². The molecule has 1 amide bonds. The molecule has 1 aliphatic heterocycles. The smallest absolute Gasteiger partial charge is 0.272 e. The first kappa shape index (κ1) is 13.4. The van der Waals surface area contributed by atoms with Crippen LogP contribution in [-0.2, 0) is 0 Å². The molecule has 5 nitrogen and oxygen atoms in total. The summed E-state index contributed by atoms with van der Waals surface area (Å²) in [6.07, 6.45) is 1.57. The van der Waals surface area contributed by atoms with Gasteiger partial charge in [0.2, 0.25) is 0 Å². The number of rotatable bonds is 2. The largest absolute Gasteiger partial charge is 0.463 e. The molecule has 0 saturated heterocycles. The Balaban J connectivity index is 1.89. The first-order valence-electron chi connectivity index (χ1n) is 6.53. The number of fused-ring (bicyclic) bond motifs is 1. The zero-order valence-electron chi connectivity index (χ0n) is 11.1. The van der Waals surface area contributed by atoms with Crippen LogP contribution in [0.1, 0.15) is 27.7 Å². The van der Waals surface area contributed by atoms with Crippen molar-refractivity contribution in [3.8, 4) is 11.5 Å². The number of amides is 1. The lowest BCUT2D eigenvalue weighted by atomic mass is 9.99. The first-order chi connectivity index (χ1) is 10.6. The Hall–Kier alpha value is -2.24. The molecule has 0 saturated carbocycles. The maximum atomic E-state index is 12.1. The lowest BCUT2D eigenvalue weighted by molar-refractivity contribution is 0.0955. The van der Waals surface area contributed by atoms with Crippen LogP contribution in [0.5, 0.6) is 0 Å². The molecule has 0 radical (unpaired) electrons. The Kier molecular flexibility index (Phi) is 2.99. The summed E-state index contributed by atoms with van der Waals surface area (Å²) in [6.45, 7) is 0. The molecular formula is C15H9Cl2N3O2. The number of hydrogen-bond acceptors (Lipinski definition) is 3. The highest BCUT2D eigenvalue weighted by molar-refractivity contribution is 6.35. The highest BCUT2D eigenvalue weighted by Crippen LogP contribution is 2.39. The van der Waals surface area contributed by atoms with Crippen molar-refractivity contribution in [1.82, 2.24) is 15.5 Å². The summed E-state index contributed by atoms with van der Waals surface area (Å²) in [7, 11) is 0. The second-order valence-electron chi connectivity index (χ2n) is 4.91. The van der Waals surface area contributed by atoms with Gasteiger partial charge in [-0.1, -0.05) is 29.3 Å². The molecule has 4 rings (SSSR count). The minimum absolute atomic E-state index is 0.250. The van der Waals surface area contributed by atoms with Gasteiger partial charge in [0, 0.05) is 15.6 Å². The summed E-state index contributed by atoms with van der Waals surface area (Å²) in [5.74, 6) is 0.361. The van der Waals surface area contributed by atoms with Crippen molar-refractivity contribution in [3.63, 3.8) is 0 Å². The lowest BCUT2D eigenvalue weighted by Crippen LogP contribution is -2.21. The Morgan fingerprint density at radius 2 is 2.09 bits per heavy atom. The number of benzene rings is 1. The van der Waals surface area contributed by atoms with E-state index in [0.29, 0.717) is 27.2 Å². The van der Waals surface area contributed by atoms with Gasteiger partial charge in [0.1, 0.15) is 5.69 Å². The van der Waals surface area contributed by atoms with Crippen LogP contribution in [0.4, 0.5) is 0 Å². The van der Waals surface area contributed by atoms with Gasteiger partial charge in [-0.15, -0.1) is 0 Å². The van der Waals surface area contributed by atoms with Crippen molar-refractivity contribution in [3.05, 3.63) is 63.5 Å². The molecule has 0 fully saturated rings. The van der Waals surface area contributed by atoms with Crippen LogP contribution in [-0.4, -0.2) is 16.1 Å². The fraction of sp³-hybridized carbons (Fsp3) is 0.0667. The molecule has 3 aromatic rings. The van der Waals surface area contributed by atoms with E-state index in [9.17, 15) is 4.79 Å². The molecule has 3 heterocycles. The zero-order chi connectivity index (χ0) is 15.3. The third-order valence-electron chi connectivity index (χ3n) is 3.62. The van der Waals surface area contributed by atoms with Crippen molar-refractivity contribution >= 4 is 29.1 Å². The Morgan fingerprint density at radius 3 is 2.82 bits per heavy atom. The van der Waals surface area contributed by atoms with E-state index in [-0.39, 0.29) is 5.91 Å². The summed E-state index contributed by atoms with van der Waals surface area (Å²) >= 11 is 12.2. The second kappa shape index (κ2) is 4.90. The van der Waals surface area contributed by atoms with E-state index < -0.39 is 6.04 Å². The molecule has 2 N–H and O–H groups in total. The number of hydrogen-bond donors (Lipinski definition) is 2. The quantitative estimate of drug-likeness (QED) is 0.749. The lowest BCUT2D eigenvalue weighted by Gasteiger charge is -2.14. The Labute approximate surface area is 135 Å². The van der Waals surface area contributed by atoms with Crippen LogP contribution < -0.4 is 5.32 Å². The number of aromatic nitrogens is 2. The summed E-state index contributed by atoms with van der Waals surface area (Å²) in [4.78, 5) is 12.1. The van der Waals surface area contributed by atoms with Crippen LogP contribution in [0.15, 0.2) is 41.0 Å². The molecule has 1 aromatic carbocycles. The molecule has 1 aliphatic rings. The number of halogens is 2. The average molecular weight is 334 g/mol. The summed E-state index contributed by atoms with van der Waals surface area (Å²) < 4.78 is 5.41. The predicted molar refractivity (Wildman–Crippen MR) is 82.1 cm³/mol. The van der Waals surface area contributed by atoms with Gasteiger partial charge in [-0.25, -0.2) is 0 Å². The van der Waals surface area contributed by atoms with Gasteiger partial charge in [-0.05, 0) is 29.8 Å². The number of nitrogens with one attached hydrogen (secondary N) is 2. The first-order valence-corrected chi connectivity index (χ1v) is 7.28. The molecular weight excluding hydrogens is 325 g/mol. The molecule has 2 aromatic heterocycles. The normalized spacial score (nSPS) is 16.6. The van der Waals surface area contributed by atoms with Crippen LogP contribution in [0.2, 0.25) is 10.0 Å². The summed E-state index contributed by atoms with van der Waals surface area (Å²) in [6, 6.07) is 8.36. The van der Waals surface area contributed by atoms with Crippen molar-refractivity contribution in [2.75, 3.05) is 0 Å². The average Bonchev–Trinajstić information content (AvgIpc) is 3.18. The molecule has 0 aliphatic carbocycles. The van der Waals surface area contributed by atoms with E-state index in [1.807, 2.05) is 0 Å². The van der Waals surface area contributed by atoms with Crippen LogP contribution in [0.3, 0.4) is 0 Å². The monoisotopic (exact) mass is 333 g/mol. The number of carbonyl (C=O) groups is 1. The minimum Gasteiger partial charge on any atom is -0.463 e. The highest BCUT2D eigenvalue weighted by atomic mass is 35.5. The third-order valence-corrected chi connectivity index (χ3v) is 4.19. The third kappa shape index (κ3) is 1.94. The Bertz CT molecular complexity index is 871. The van der Waals surface area contributed by atoms with Gasteiger partial charge in [-0.3, -0.25) is 9.89 Å². The summed E-state index contributed by atoms with van der Waals surface area (Å²) in [5.41, 5.74) is 2.49. The predicted octanol–water partition coefficient (Wildman–Crippen LogP) is 3.81. The maximum Gasteiger partial charge on any atom is 0.272 e. The number of carbonyl (C=O) groups excluding carboxylic acids is 1. The van der Waals surface area contributed by atoms with Gasteiger partial charge in [-0.2, -0.15) is 5.10 Å². The molecule has 110 valence electrons. The molecule has 1 unspecified atom stereocenters. The van der Waals surface area contributed by atoms with Gasteiger partial charge in [0.25, 0.3) is 5.91 Å². The van der Waals surface area contributed by atoms with Gasteiger partial charge in [0.15, 0.2) is 11.5 Å².